The van der Waals surface area contributed by atoms with Crippen molar-refractivity contribution in [3.63, 3.8) is 0 Å². The predicted octanol–water partition coefficient (Wildman–Crippen LogP) is 2.19. The molecule has 0 aliphatic carbocycles. The van der Waals surface area contributed by atoms with Gasteiger partial charge in [0.05, 0.1) is 18.3 Å². The van der Waals surface area contributed by atoms with Crippen LogP contribution in [0.2, 0.25) is 0 Å². The first-order valence-electron chi connectivity index (χ1n) is 6.06. The van der Waals surface area contributed by atoms with Gasteiger partial charge >= 0.3 is 5.97 Å². The second-order valence-corrected chi connectivity index (χ2v) is 5.36. The van der Waals surface area contributed by atoms with Gasteiger partial charge in [0, 0.05) is 11.1 Å². The van der Waals surface area contributed by atoms with E-state index < -0.39 is 12.0 Å². The zero-order chi connectivity index (χ0) is 14.1. The molecule has 1 unspecified atom stereocenters. The minimum absolute atomic E-state index is 0.465. The van der Waals surface area contributed by atoms with Crippen LogP contribution in [-0.4, -0.2) is 40.0 Å². The number of aromatic nitrogens is 1. The Balaban J connectivity index is 1.98. The van der Waals surface area contributed by atoms with Crippen LogP contribution in [0.5, 0.6) is 5.75 Å². The number of carboxylic acid groups (broad SMARTS) is 1. The van der Waals surface area contributed by atoms with E-state index in [1.807, 2.05) is 30.3 Å². The van der Waals surface area contributed by atoms with Crippen LogP contribution in [0, 0.1) is 0 Å². The minimum Gasteiger partial charge on any atom is -0.497 e. The van der Waals surface area contributed by atoms with Crippen LogP contribution < -0.4 is 4.74 Å². The zero-order valence-corrected chi connectivity index (χ0v) is 11.6. The van der Waals surface area contributed by atoms with Gasteiger partial charge < -0.3 is 9.84 Å². The van der Waals surface area contributed by atoms with E-state index in [0.29, 0.717) is 10.8 Å². The number of benzene rings is 1. The number of pyridine rings is 1. The van der Waals surface area contributed by atoms with Gasteiger partial charge in [0.2, 0.25) is 0 Å². The Kier molecular flexibility index (Phi) is 3.31. The molecule has 6 heteroatoms. The maximum Gasteiger partial charge on any atom is 0.329 e. The van der Waals surface area contributed by atoms with Gasteiger partial charge in [-0.15, -0.1) is 11.8 Å². The molecule has 0 amide bonds. The molecule has 2 heterocycles. The Morgan fingerprint density at radius 3 is 2.95 bits per heavy atom. The van der Waals surface area contributed by atoms with Crippen molar-refractivity contribution in [3.05, 3.63) is 36.0 Å². The molecule has 1 atom stereocenters. The summed E-state index contributed by atoms with van der Waals surface area (Å²) in [6, 6.07) is 8.78. The summed E-state index contributed by atoms with van der Waals surface area (Å²) in [6.07, 6.45) is 0. The van der Waals surface area contributed by atoms with Crippen LogP contribution in [0.4, 0.5) is 0 Å². The minimum atomic E-state index is -0.891. The number of hydrogen-bond acceptors (Lipinski definition) is 5. The number of rotatable bonds is 3. The molecule has 1 N–H and O–H groups in total. The molecule has 0 saturated heterocycles. The lowest BCUT2D eigenvalue weighted by atomic mass is 10.2. The van der Waals surface area contributed by atoms with Crippen molar-refractivity contribution in [1.29, 1.82) is 0 Å². The van der Waals surface area contributed by atoms with Crippen LogP contribution in [0.1, 0.15) is 5.69 Å². The summed E-state index contributed by atoms with van der Waals surface area (Å²) in [5, 5.41) is 10.6. The molecule has 1 aromatic heterocycles. The number of nitrogens with zero attached hydrogens (tertiary/aromatic N) is 2. The van der Waals surface area contributed by atoms with E-state index >= 15 is 0 Å². The largest absolute Gasteiger partial charge is 0.497 e. The molecule has 102 valence electrons. The molecular formula is C14H12N2O3S. The highest BCUT2D eigenvalue weighted by Crippen LogP contribution is 2.25. The number of carboxylic acids is 1. The number of carbonyl (C=O) groups is 1. The van der Waals surface area contributed by atoms with E-state index in [4.69, 9.17) is 9.84 Å². The standard InChI is InChI=1S/C14H12N2O3S/c1-19-9-3-5-10-8(6-9)2-4-11(15-10)13-16-12(7-20-13)14(17)18/h2-6,12H,7H2,1H3,(H,17,18). The topological polar surface area (TPSA) is 71.8 Å². The number of ether oxygens (including phenoxy) is 1. The summed E-state index contributed by atoms with van der Waals surface area (Å²) in [5.74, 6) is 0.357. The Hall–Kier alpha value is -2.08. The average Bonchev–Trinajstić information content (AvgIpc) is 2.96. The number of thioether (sulfide) groups is 1. The van der Waals surface area contributed by atoms with Crippen LogP contribution in [0.3, 0.4) is 0 Å². The molecule has 1 aromatic carbocycles. The monoisotopic (exact) mass is 288 g/mol. The lowest BCUT2D eigenvalue weighted by Crippen LogP contribution is -2.17. The van der Waals surface area contributed by atoms with Crippen molar-refractivity contribution in [2.45, 2.75) is 6.04 Å². The maximum atomic E-state index is 10.9. The Morgan fingerprint density at radius 1 is 1.40 bits per heavy atom. The lowest BCUT2D eigenvalue weighted by molar-refractivity contribution is -0.137. The SMILES string of the molecule is COc1ccc2nc(C3=NC(C(=O)O)CS3)ccc2c1. The molecule has 1 aliphatic heterocycles. The fourth-order valence-electron chi connectivity index (χ4n) is 1.99. The third-order valence-electron chi connectivity index (χ3n) is 3.05. The number of methoxy groups -OCH3 is 1. The van der Waals surface area contributed by atoms with Crippen molar-refractivity contribution < 1.29 is 14.6 Å². The first-order chi connectivity index (χ1) is 9.67. The summed E-state index contributed by atoms with van der Waals surface area (Å²) in [7, 11) is 1.62. The smallest absolute Gasteiger partial charge is 0.329 e. The molecule has 2 aromatic rings. The van der Waals surface area contributed by atoms with Gasteiger partial charge in [-0.05, 0) is 24.3 Å². The highest BCUT2D eigenvalue weighted by Gasteiger charge is 2.25. The molecule has 0 spiro atoms. The van der Waals surface area contributed by atoms with Crippen LogP contribution >= 0.6 is 11.8 Å². The van der Waals surface area contributed by atoms with Crippen LogP contribution in [0.25, 0.3) is 10.9 Å². The molecule has 20 heavy (non-hydrogen) atoms. The number of aliphatic carboxylic acids is 1. The number of fused-ring (bicyclic) bond motifs is 1. The second-order valence-electron chi connectivity index (χ2n) is 4.35. The van der Waals surface area contributed by atoms with Crippen LogP contribution in [-0.2, 0) is 4.79 Å². The van der Waals surface area contributed by atoms with E-state index in [1.54, 1.807) is 7.11 Å². The fraction of sp³-hybridized carbons (Fsp3) is 0.214. The average molecular weight is 288 g/mol. The Morgan fingerprint density at radius 2 is 2.25 bits per heavy atom. The Bertz CT molecular complexity index is 715. The van der Waals surface area contributed by atoms with Gasteiger partial charge in [-0.2, -0.15) is 0 Å². The summed E-state index contributed by atoms with van der Waals surface area (Å²) < 4.78 is 5.17. The third-order valence-corrected chi connectivity index (χ3v) is 4.12. The number of hydrogen-bond donors (Lipinski definition) is 1. The zero-order valence-electron chi connectivity index (χ0n) is 10.7. The summed E-state index contributed by atoms with van der Waals surface area (Å²) in [5.41, 5.74) is 1.56. The van der Waals surface area contributed by atoms with E-state index in [0.717, 1.165) is 22.3 Å². The van der Waals surface area contributed by atoms with E-state index in [1.165, 1.54) is 11.8 Å². The van der Waals surface area contributed by atoms with Gasteiger partial charge in [-0.25, -0.2) is 9.78 Å². The van der Waals surface area contributed by atoms with Gasteiger partial charge in [-0.1, -0.05) is 6.07 Å². The van der Waals surface area contributed by atoms with Crippen molar-refractivity contribution in [2.75, 3.05) is 12.9 Å². The quantitative estimate of drug-likeness (QED) is 0.937. The van der Waals surface area contributed by atoms with Gasteiger partial charge in [0.15, 0.2) is 6.04 Å². The van der Waals surface area contributed by atoms with E-state index in [2.05, 4.69) is 9.98 Å². The lowest BCUT2D eigenvalue weighted by Gasteiger charge is -2.04. The molecule has 0 radical (unpaired) electrons. The van der Waals surface area contributed by atoms with Crippen molar-refractivity contribution >= 4 is 33.7 Å². The molecule has 1 aliphatic rings. The predicted molar refractivity (Wildman–Crippen MR) is 78.7 cm³/mol. The molecule has 0 fully saturated rings. The second kappa shape index (κ2) is 5.13. The molecular weight excluding hydrogens is 276 g/mol. The molecule has 3 rings (SSSR count). The summed E-state index contributed by atoms with van der Waals surface area (Å²) in [6.45, 7) is 0. The van der Waals surface area contributed by atoms with Gasteiger partial charge in [0.1, 0.15) is 10.8 Å². The summed E-state index contributed by atoms with van der Waals surface area (Å²) >= 11 is 1.43. The van der Waals surface area contributed by atoms with Crippen LogP contribution in [0.15, 0.2) is 35.3 Å². The first-order valence-corrected chi connectivity index (χ1v) is 7.04. The first kappa shape index (κ1) is 12.9. The van der Waals surface area contributed by atoms with Crippen molar-refractivity contribution in [2.24, 2.45) is 4.99 Å². The number of aliphatic imine (C=N–C) groups is 1. The summed E-state index contributed by atoms with van der Waals surface area (Å²) in [4.78, 5) is 19.6. The molecule has 0 saturated carbocycles. The van der Waals surface area contributed by atoms with E-state index in [9.17, 15) is 4.79 Å². The van der Waals surface area contributed by atoms with Crippen molar-refractivity contribution in [1.82, 2.24) is 4.98 Å². The van der Waals surface area contributed by atoms with Gasteiger partial charge in [-0.3, -0.25) is 4.99 Å². The highest BCUT2D eigenvalue weighted by molar-refractivity contribution is 8.14. The Labute approximate surface area is 119 Å². The maximum absolute atomic E-state index is 10.9. The fourth-order valence-corrected chi connectivity index (χ4v) is 2.99. The third kappa shape index (κ3) is 2.34. The molecule has 5 nitrogen and oxygen atoms in total. The molecule has 0 bridgehead atoms. The highest BCUT2D eigenvalue weighted by atomic mass is 32.2. The van der Waals surface area contributed by atoms with Crippen molar-refractivity contribution in [3.8, 4) is 5.75 Å². The normalized spacial score (nSPS) is 18.1. The van der Waals surface area contributed by atoms with E-state index in [-0.39, 0.29) is 0 Å². The van der Waals surface area contributed by atoms with Gasteiger partial charge in [0.25, 0.3) is 0 Å².